The predicted octanol–water partition coefficient (Wildman–Crippen LogP) is 3.12. The highest BCUT2D eigenvalue weighted by molar-refractivity contribution is 5.91. The highest BCUT2D eigenvalue weighted by atomic mass is 35.5. The Morgan fingerprint density at radius 1 is 1.36 bits per heavy atom. The molecule has 0 saturated carbocycles. The van der Waals surface area contributed by atoms with Crippen LogP contribution >= 0.6 is 12.4 Å². The summed E-state index contributed by atoms with van der Waals surface area (Å²) in [5.74, 6) is 0.381. The van der Waals surface area contributed by atoms with Crippen molar-refractivity contribution in [1.82, 2.24) is 5.32 Å². The molecule has 2 bridgehead atoms. The lowest BCUT2D eigenvalue weighted by molar-refractivity contribution is -0.117. The number of benzene rings is 1. The summed E-state index contributed by atoms with van der Waals surface area (Å²) in [6, 6.07) is 5.49. The van der Waals surface area contributed by atoms with E-state index in [1.54, 1.807) is 0 Å². The molecule has 2 atom stereocenters. The van der Waals surface area contributed by atoms with E-state index in [0.717, 1.165) is 12.8 Å². The van der Waals surface area contributed by atoms with Crippen LogP contribution in [0.15, 0.2) is 18.2 Å². The van der Waals surface area contributed by atoms with Gasteiger partial charge in [-0.25, -0.2) is 4.39 Å². The summed E-state index contributed by atoms with van der Waals surface area (Å²) in [4.78, 5) is 12.1. The molecular formula is C16H22ClFN2O2. The van der Waals surface area contributed by atoms with Crippen LogP contribution in [0.25, 0.3) is 0 Å². The molecule has 2 fully saturated rings. The molecule has 6 heteroatoms. The fourth-order valence-corrected chi connectivity index (χ4v) is 3.53. The first-order valence-corrected chi connectivity index (χ1v) is 7.53. The second-order valence-electron chi connectivity index (χ2n) is 6.07. The lowest BCUT2D eigenvalue weighted by Crippen LogP contribution is -2.39. The quantitative estimate of drug-likeness (QED) is 0.893. The molecule has 2 aliphatic rings. The van der Waals surface area contributed by atoms with Gasteiger partial charge in [0.2, 0.25) is 5.91 Å². The van der Waals surface area contributed by atoms with Crippen LogP contribution in [0.2, 0.25) is 0 Å². The van der Waals surface area contributed by atoms with E-state index in [2.05, 4.69) is 10.6 Å². The minimum atomic E-state index is -0.436. The molecule has 22 heavy (non-hydrogen) atoms. The van der Waals surface area contributed by atoms with Gasteiger partial charge in [0.1, 0.15) is 11.6 Å². The Morgan fingerprint density at radius 3 is 2.68 bits per heavy atom. The monoisotopic (exact) mass is 328 g/mol. The van der Waals surface area contributed by atoms with Crippen molar-refractivity contribution in [3.05, 3.63) is 24.0 Å². The molecule has 2 N–H and O–H groups in total. The summed E-state index contributed by atoms with van der Waals surface area (Å²) in [6.07, 6.45) is 4.99. The average molecular weight is 329 g/mol. The van der Waals surface area contributed by atoms with Gasteiger partial charge in [-0.3, -0.25) is 4.79 Å². The Balaban J connectivity index is 0.00000176. The van der Waals surface area contributed by atoms with Crippen molar-refractivity contribution in [2.75, 3.05) is 12.4 Å². The summed E-state index contributed by atoms with van der Waals surface area (Å²) in [7, 11) is 1.52. The van der Waals surface area contributed by atoms with E-state index in [-0.39, 0.29) is 24.0 Å². The summed E-state index contributed by atoms with van der Waals surface area (Å²) in [6.45, 7) is 0. The van der Waals surface area contributed by atoms with Gasteiger partial charge in [0.25, 0.3) is 0 Å². The summed E-state index contributed by atoms with van der Waals surface area (Å²) in [5, 5.41) is 6.23. The van der Waals surface area contributed by atoms with Crippen molar-refractivity contribution in [1.29, 1.82) is 0 Å². The van der Waals surface area contributed by atoms with Crippen molar-refractivity contribution in [3.8, 4) is 5.75 Å². The molecule has 0 aliphatic carbocycles. The number of fused-ring (bicyclic) bond motifs is 2. The minimum absolute atomic E-state index is 0. The van der Waals surface area contributed by atoms with Gasteiger partial charge in [-0.2, -0.15) is 0 Å². The van der Waals surface area contributed by atoms with Gasteiger partial charge in [-0.05, 0) is 43.7 Å². The molecule has 0 spiro atoms. The van der Waals surface area contributed by atoms with Crippen molar-refractivity contribution < 1.29 is 13.9 Å². The van der Waals surface area contributed by atoms with Crippen LogP contribution in [0, 0.1) is 11.7 Å². The first-order valence-electron chi connectivity index (χ1n) is 7.53. The zero-order valence-corrected chi connectivity index (χ0v) is 13.4. The van der Waals surface area contributed by atoms with Gasteiger partial charge in [0.05, 0.1) is 12.8 Å². The second kappa shape index (κ2) is 7.29. The molecule has 0 radical (unpaired) electrons. The molecule has 1 aromatic rings. The van der Waals surface area contributed by atoms with Gasteiger partial charge < -0.3 is 15.4 Å². The Hall–Kier alpha value is -1.33. The molecule has 2 saturated heterocycles. The van der Waals surface area contributed by atoms with Crippen LogP contribution in [0.4, 0.5) is 10.1 Å². The maximum absolute atomic E-state index is 13.7. The van der Waals surface area contributed by atoms with Crippen LogP contribution in [0.1, 0.15) is 32.1 Å². The van der Waals surface area contributed by atoms with Gasteiger partial charge in [-0.15, -0.1) is 12.4 Å². The molecule has 122 valence electrons. The van der Waals surface area contributed by atoms with Crippen LogP contribution in [0.5, 0.6) is 5.75 Å². The molecule has 1 aromatic carbocycles. The smallest absolute Gasteiger partial charge is 0.224 e. The van der Waals surface area contributed by atoms with Crippen LogP contribution in [-0.4, -0.2) is 25.1 Å². The van der Waals surface area contributed by atoms with E-state index < -0.39 is 5.82 Å². The molecule has 0 aromatic heterocycles. The van der Waals surface area contributed by atoms with Gasteiger partial charge in [0, 0.05) is 24.6 Å². The number of anilines is 1. The first-order chi connectivity index (χ1) is 10.1. The number of hydrogen-bond donors (Lipinski definition) is 2. The van der Waals surface area contributed by atoms with E-state index in [4.69, 9.17) is 4.74 Å². The number of ether oxygens (including phenoxy) is 1. The topological polar surface area (TPSA) is 50.4 Å². The molecule has 2 aliphatic heterocycles. The predicted molar refractivity (Wildman–Crippen MR) is 86.1 cm³/mol. The SMILES string of the molecule is COc1ccc(F)c(NC(=O)CC2CC3CCC(C2)N3)c1.Cl. The third kappa shape index (κ3) is 3.90. The Kier molecular flexibility index (Phi) is 5.64. The number of rotatable bonds is 4. The number of hydrogen-bond acceptors (Lipinski definition) is 3. The van der Waals surface area contributed by atoms with Crippen LogP contribution < -0.4 is 15.4 Å². The van der Waals surface area contributed by atoms with Gasteiger partial charge in [-0.1, -0.05) is 0 Å². The number of amides is 1. The second-order valence-corrected chi connectivity index (χ2v) is 6.07. The van der Waals surface area contributed by atoms with Crippen LogP contribution in [-0.2, 0) is 4.79 Å². The van der Waals surface area contributed by atoms with Crippen molar-refractivity contribution in [3.63, 3.8) is 0 Å². The lowest BCUT2D eigenvalue weighted by atomic mass is 9.89. The number of nitrogens with one attached hydrogen (secondary N) is 2. The number of methoxy groups -OCH3 is 1. The van der Waals surface area contributed by atoms with E-state index in [9.17, 15) is 9.18 Å². The number of piperidine rings is 1. The van der Waals surface area contributed by atoms with E-state index in [1.165, 1.54) is 38.2 Å². The fraction of sp³-hybridized carbons (Fsp3) is 0.562. The van der Waals surface area contributed by atoms with E-state index in [0.29, 0.717) is 30.2 Å². The Labute approximate surface area is 136 Å². The zero-order chi connectivity index (χ0) is 14.8. The molecule has 2 heterocycles. The minimum Gasteiger partial charge on any atom is -0.497 e. The third-order valence-electron chi connectivity index (χ3n) is 4.49. The maximum Gasteiger partial charge on any atom is 0.224 e. The highest BCUT2D eigenvalue weighted by Crippen LogP contribution is 2.33. The molecule has 2 unspecified atom stereocenters. The van der Waals surface area contributed by atoms with Gasteiger partial charge in [0.15, 0.2) is 0 Å². The summed E-state index contributed by atoms with van der Waals surface area (Å²) >= 11 is 0. The Bertz CT molecular complexity index is 529. The summed E-state index contributed by atoms with van der Waals surface area (Å²) in [5.41, 5.74) is 0.191. The van der Waals surface area contributed by atoms with Gasteiger partial charge >= 0.3 is 0 Å². The molecule has 1 amide bonds. The van der Waals surface area contributed by atoms with E-state index >= 15 is 0 Å². The number of carbonyl (C=O) groups excluding carboxylic acids is 1. The number of carbonyl (C=O) groups is 1. The largest absolute Gasteiger partial charge is 0.497 e. The number of halogens is 2. The maximum atomic E-state index is 13.7. The van der Waals surface area contributed by atoms with Crippen LogP contribution in [0.3, 0.4) is 0 Å². The van der Waals surface area contributed by atoms with Crippen molar-refractivity contribution in [2.45, 2.75) is 44.2 Å². The molecular weight excluding hydrogens is 307 g/mol. The lowest BCUT2D eigenvalue weighted by Gasteiger charge is -2.28. The van der Waals surface area contributed by atoms with Crippen molar-refractivity contribution >= 4 is 24.0 Å². The average Bonchev–Trinajstić information content (AvgIpc) is 2.80. The third-order valence-corrected chi connectivity index (χ3v) is 4.49. The molecule has 4 nitrogen and oxygen atoms in total. The fourth-order valence-electron chi connectivity index (χ4n) is 3.53. The normalized spacial score (nSPS) is 26.2. The van der Waals surface area contributed by atoms with E-state index in [1.807, 2.05) is 0 Å². The highest BCUT2D eigenvalue weighted by Gasteiger charge is 2.34. The first kappa shape index (κ1) is 17.0. The standard InChI is InChI=1S/C16H21FN2O2.ClH/c1-21-13-4-5-14(17)15(9-13)19-16(20)8-10-6-11-2-3-12(7-10)18-11;/h4-5,9-12,18H,2-3,6-8H2,1H3,(H,19,20);1H. The zero-order valence-electron chi connectivity index (χ0n) is 12.6. The Morgan fingerprint density at radius 2 is 2.05 bits per heavy atom. The molecule has 3 rings (SSSR count). The van der Waals surface area contributed by atoms with Crippen molar-refractivity contribution in [2.24, 2.45) is 5.92 Å². The summed E-state index contributed by atoms with van der Waals surface area (Å²) < 4.78 is 18.8.